The molecule has 2 heterocycles. The van der Waals surface area contributed by atoms with Gasteiger partial charge in [0.1, 0.15) is 16.7 Å². The average Bonchev–Trinajstić information content (AvgIpc) is 2.96. The summed E-state index contributed by atoms with van der Waals surface area (Å²) in [6.45, 7) is 2.43. The second kappa shape index (κ2) is 10.8. The van der Waals surface area contributed by atoms with Gasteiger partial charge in [0.15, 0.2) is 28.4 Å². The monoisotopic (exact) mass is 546 g/mol. The van der Waals surface area contributed by atoms with E-state index in [1.807, 2.05) is 13.1 Å². The number of piperazine rings is 1. The standard InChI is InChI=1S/C30H30N2O8/c1-31-10-12-32(13-11-31)24(35)15-19(18-8-9-20(33)23(14-18)39-2)25-27(36)29(38)28(37)26-21(34)16-22(40-30(25)26)17-6-4-3-5-7-17/h3-9,14,16,19,33,36-38H,10-13,15H2,1-2H3/t19-/m0/s1. The Morgan fingerprint density at radius 3 is 2.33 bits per heavy atom. The van der Waals surface area contributed by atoms with Crippen molar-refractivity contribution in [2.45, 2.75) is 12.3 Å². The summed E-state index contributed by atoms with van der Waals surface area (Å²) >= 11 is 0. The van der Waals surface area contributed by atoms with Gasteiger partial charge in [-0.25, -0.2) is 0 Å². The molecular formula is C30H30N2O8. The lowest BCUT2D eigenvalue weighted by molar-refractivity contribution is -0.133. The number of likely N-dealkylation sites (N-methyl/N-ethyl adjacent to an activating group) is 1. The van der Waals surface area contributed by atoms with E-state index in [1.54, 1.807) is 35.2 Å². The minimum Gasteiger partial charge on any atom is -0.504 e. The van der Waals surface area contributed by atoms with Crippen LogP contribution < -0.4 is 10.2 Å². The molecular weight excluding hydrogens is 516 g/mol. The molecule has 10 heteroatoms. The zero-order chi connectivity index (χ0) is 28.6. The first-order valence-electron chi connectivity index (χ1n) is 12.8. The van der Waals surface area contributed by atoms with Crippen LogP contribution in [0.25, 0.3) is 22.3 Å². The van der Waals surface area contributed by atoms with Gasteiger partial charge in [-0.3, -0.25) is 9.59 Å². The highest BCUT2D eigenvalue weighted by Crippen LogP contribution is 2.50. The Bertz CT molecular complexity index is 1630. The second-order valence-corrected chi connectivity index (χ2v) is 9.88. The maximum Gasteiger partial charge on any atom is 0.223 e. The van der Waals surface area contributed by atoms with E-state index in [9.17, 15) is 30.0 Å². The summed E-state index contributed by atoms with van der Waals surface area (Å²) in [7, 11) is 3.36. The normalized spacial score (nSPS) is 14.8. The molecule has 0 unspecified atom stereocenters. The molecule has 1 amide bonds. The molecule has 1 fully saturated rings. The Morgan fingerprint density at radius 2 is 1.65 bits per heavy atom. The number of ether oxygens (including phenoxy) is 1. The quantitative estimate of drug-likeness (QED) is 0.267. The maximum atomic E-state index is 13.6. The number of hydrogen-bond acceptors (Lipinski definition) is 9. The van der Waals surface area contributed by atoms with Gasteiger partial charge in [-0.1, -0.05) is 36.4 Å². The lowest BCUT2D eigenvalue weighted by Gasteiger charge is -2.33. The van der Waals surface area contributed by atoms with Crippen molar-refractivity contribution in [2.24, 2.45) is 0 Å². The van der Waals surface area contributed by atoms with Gasteiger partial charge in [-0.05, 0) is 24.7 Å². The predicted octanol–water partition coefficient (Wildman–Crippen LogP) is 3.59. The topological polar surface area (TPSA) is 144 Å². The summed E-state index contributed by atoms with van der Waals surface area (Å²) in [5.74, 6) is -3.43. The van der Waals surface area contributed by atoms with Gasteiger partial charge in [-0.15, -0.1) is 0 Å². The van der Waals surface area contributed by atoms with Gasteiger partial charge in [0, 0.05) is 55.7 Å². The Balaban J connectivity index is 1.75. The molecule has 3 aromatic carbocycles. The molecule has 4 N–H and O–H groups in total. The number of rotatable bonds is 6. The van der Waals surface area contributed by atoms with Crippen LogP contribution in [0.1, 0.15) is 23.5 Å². The first-order valence-corrected chi connectivity index (χ1v) is 12.8. The molecule has 0 saturated carbocycles. The highest BCUT2D eigenvalue weighted by molar-refractivity contribution is 5.94. The summed E-state index contributed by atoms with van der Waals surface area (Å²) in [5, 5.41) is 42.5. The van der Waals surface area contributed by atoms with Crippen molar-refractivity contribution < 1.29 is 34.4 Å². The molecule has 208 valence electrons. The van der Waals surface area contributed by atoms with E-state index in [2.05, 4.69) is 4.90 Å². The minimum atomic E-state index is -0.954. The zero-order valence-corrected chi connectivity index (χ0v) is 22.1. The van der Waals surface area contributed by atoms with Gasteiger partial charge in [-0.2, -0.15) is 0 Å². The fraction of sp³-hybridized carbons (Fsp3) is 0.267. The molecule has 0 radical (unpaired) electrons. The Hall–Kier alpha value is -4.70. The third-order valence-electron chi connectivity index (χ3n) is 7.38. The van der Waals surface area contributed by atoms with Crippen molar-refractivity contribution in [3.8, 4) is 40.1 Å². The second-order valence-electron chi connectivity index (χ2n) is 9.88. The number of nitrogens with zero attached hydrogens (tertiary/aromatic N) is 2. The molecule has 40 heavy (non-hydrogen) atoms. The van der Waals surface area contributed by atoms with Crippen LogP contribution in [0.5, 0.6) is 28.7 Å². The van der Waals surface area contributed by atoms with Crippen LogP contribution in [0.3, 0.4) is 0 Å². The molecule has 1 aliphatic rings. The molecule has 1 atom stereocenters. The third-order valence-corrected chi connectivity index (χ3v) is 7.38. The molecule has 0 bridgehead atoms. The van der Waals surface area contributed by atoms with Gasteiger partial charge in [0.2, 0.25) is 11.7 Å². The van der Waals surface area contributed by atoms with Gasteiger partial charge in [0.05, 0.1) is 7.11 Å². The van der Waals surface area contributed by atoms with E-state index in [1.165, 1.54) is 25.3 Å². The molecule has 0 aliphatic carbocycles. The summed E-state index contributed by atoms with van der Waals surface area (Å²) < 4.78 is 11.4. The van der Waals surface area contributed by atoms with E-state index >= 15 is 0 Å². The average molecular weight is 547 g/mol. The minimum absolute atomic E-state index is 0.0459. The van der Waals surface area contributed by atoms with Gasteiger partial charge in [0.25, 0.3) is 0 Å². The first kappa shape index (κ1) is 26.9. The van der Waals surface area contributed by atoms with Crippen LogP contribution in [-0.2, 0) is 4.79 Å². The van der Waals surface area contributed by atoms with E-state index < -0.39 is 28.6 Å². The smallest absolute Gasteiger partial charge is 0.223 e. The number of phenols is 4. The van der Waals surface area contributed by atoms with Crippen molar-refractivity contribution in [1.29, 1.82) is 0 Å². The third kappa shape index (κ3) is 4.89. The van der Waals surface area contributed by atoms with Crippen LogP contribution in [-0.4, -0.2) is 76.5 Å². The molecule has 10 nitrogen and oxygen atoms in total. The van der Waals surface area contributed by atoms with Gasteiger partial charge < -0.3 is 39.4 Å². The summed E-state index contributed by atoms with van der Waals surface area (Å²) in [5.41, 5.74) is 0.182. The van der Waals surface area contributed by atoms with E-state index in [0.29, 0.717) is 37.3 Å². The number of carbonyl (C=O) groups is 1. The SMILES string of the molecule is COc1cc([C@H](CC(=O)N2CCN(C)CC2)c2c(O)c(O)c(O)c3c(=O)cc(-c4ccccc4)oc23)ccc1O. The van der Waals surface area contributed by atoms with Gasteiger partial charge >= 0.3 is 0 Å². The largest absolute Gasteiger partial charge is 0.504 e. The number of phenolic OH excluding ortho intramolecular Hbond substituents is 4. The number of fused-ring (bicyclic) bond motifs is 1. The highest BCUT2D eigenvalue weighted by Gasteiger charge is 2.33. The summed E-state index contributed by atoms with van der Waals surface area (Å²) in [6.07, 6.45) is -0.163. The number of methoxy groups -OCH3 is 1. The molecule has 4 aromatic rings. The Kier molecular flexibility index (Phi) is 7.27. The number of aromatic hydroxyl groups is 4. The number of carbonyl (C=O) groups excluding carboxylic acids is 1. The predicted molar refractivity (Wildman–Crippen MR) is 148 cm³/mol. The molecule has 5 rings (SSSR count). The van der Waals surface area contributed by atoms with Crippen molar-refractivity contribution in [2.75, 3.05) is 40.3 Å². The lowest BCUT2D eigenvalue weighted by Crippen LogP contribution is -2.47. The molecule has 1 aliphatic heterocycles. The Labute approximate surface area is 229 Å². The number of hydrogen-bond donors (Lipinski definition) is 4. The lowest BCUT2D eigenvalue weighted by atomic mass is 9.85. The summed E-state index contributed by atoms with van der Waals surface area (Å²) in [6, 6.07) is 14.5. The van der Waals surface area contributed by atoms with Crippen LogP contribution in [0.15, 0.2) is 63.8 Å². The van der Waals surface area contributed by atoms with Crippen molar-refractivity contribution >= 4 is 16.9 Å². The van der Waals surface area contributed by atoms with Crippen molar-refractivity contribution in [3.05, 3.63) is 75.9 Å². The molecule has 0 spiro atoms. The molecule has 1 saturated heterocycles. The Morgan fingerprint density at radius 1 is 0.950 bits per heavy atom. The zero-order valence-electron chi connectivity index (χ0n) is 22.1. The highest BCUT2D eigenvalue weighted by atomic mass is 16.5. The maximum absolute atomic E-state index is 13.6. The van der Waals surface area contributed by atoms with E-state index in [-0.39, 0.29) is 46.1 Å². The molecule has 1 aromatic heterocycles. The van der Waals surface area contributed by atoms with Crippen molar-refractivity contribution in [3.63, 3.8) is 0 Å². The van der Waals surface area contributed by atoms with Crippen LogP contribution in [0, 0.1) is 0 Å². The fourth-order valence-electron chi connectivity index (χ4n) is 5.10. The van der Waals surface area contributed by atoms with E-state index in [0.717, 1.165) is 0 Å². The number of benzene rings is 3. The van der Waals surface area contributed by atoms with Crippen LogP contribution in [0.2, 0.25) is 0 Å². The first-order chi connectivity index (χ1) is 19.2. The fourth-order valence-corrected chi connectivity index (χ4v) is 5.10. The van der Waals surface area contributed by atoms with E-state index in [4.69, 9.17) is 9.15 Å². The van der Waals surface area contributed by atoms with Crippen molar-refractivity contribution in [1.82, 2.24) is 9.80 Å². The summed E-state index contributed by atoms with van der Waals surface area (Å²) in [4.78, 5) is 30.7. The number of amides is 1. The van der Waals surface area contributed by atoms with Crippen LogP contribution in [0.4, 0.5) is 0 Å². The van der Waals surface area contributed by atoms with Crippen LogP contribution >= 0.6 is 0 Å².